The Hall–Kier alpha value is -3.58. The Labute approximate surface area is 149 Å². The number of rotatable bonds is 4. The normalized spacial score (nSPS) is 10.8. The van der Waals surface area contributed by atoms with E-state index < -0.39 is 0 Å². The van der Waals surface area contributed by atoms with Gasteiger partial charge in [0.05, 0.1) is 11.9 Å². The van der Waals surface area contributed by atoms with E-state index in [1.807, 2.05) is 54.6 Å². The molecule has 0 aliphatic rings. The van der Waals surface area contributed by atoms with E-state index in [0.717, 1.165) is 16.7 Å². The molecule has 2 heterocycles. The average Bonchev–Trinajstić information content (AvgIpc) is 3.19. The van der Waals surface area contributed by atoms with Crippen molar-refractivity contribution in [3.8, 4) is 34.3 Å². The van der Waals surface area contributed by atoms with E-state index in [1.165, 1.54) is 0 Å². The zero-order valence-electron chi connectivity index (χ0n) is 13.8. The van der Waals surface area contributed by atoms with Crippen LogP contribution in [0.2, 0.25) is 0 Å². The molecular weight excluding hydrogens is 328 g/mol. The lowest BCUT2D eigenvalue weighted by Gasteiger charge is -2.08. The summed E-state index contributed by atoms with van der Waals surface area (Å²) >= 11 is 0. The van der Waals surface area contributed by atoms with Crippen LogP contribution < -0.4 is 11.5 Å². The maximum atomic E-state index is 5.99. The van der Waals surface area contributed by atoms with Crippen LogP contribution in [0.5, 0.6) is 0 Å². The molecule has 0 radical (unpaired) electrons. The lowest BCUT2D eigenvalue weighted by Crippen LogP contribution is -2.02. The standard InChI is InChI=1S/C19H16N6O/c20-10-13-8-4-5-9-14(13)15-11-22-17(21)16(23-15)19-25-24-18(26-19)12-6-2-1-3-7-12/h1-9,11H,10,20H2,(H2,21,22). The summed E-state index contributed by atoms with van der Waals surface area (Å²) in [6, 6.07) is 17.2. The molecule has 0 atom stereocenters. The third-order valence-corrected chi connectivity index (χ3v) is 3.96. The number of nitrogen functional groups attached to an aromatic ring is 1. The SMILES string of the molecule is NCc1ccccc1-c1cnc(N)c(-c2nnc(-c3ccccc3)o2)n1. The molecule has 4 rings (SSSR count). The van der Waals surface area contributed by atoms with Crippen molar-refractivity contribution in [3.63, 3.8) is 0 Å². The number of aromatic nitrogens is 4. The van der Waals surface area contributed by atoms with Crippen LogP contribution >= 0.6 is 0 Å². The molecule has 0 fully saturated rings. The van der Waals surface area contributed by atoms with Gasteiger partial charge in [0.1, 0.15) is 0 Å². The summed E-state index contributed by atoms with van der Waals surface area (Å²) in [7, 11) is 0. The van der Waals surface area contributed by atoms with Crippen LogP contribution in [0.1, 0.15) is 5.56 Å². The van der Waals surface area contributed by atoms with E-state index in [2.05, 4.69) is 20.2 Å². The Bertz CT molecular complexity index is 1040. The second-order valence-corrected chi connectivity index (χ2v) is 5.63. The van der Waals surface area contributed by atoms with Gasteiger partial charge in [0.15, 0.2) is 11.5 Å². The summed E-state index contributed by atoms with van der Waals surface area (Å²) in [6.07, 6.45) is 1.61. The van der Waals surface area contributed by atoms with Crippen molar-refractivity contribution in [1.82, 2.24) is 20.2 Å². The third-order valence-electron chi connectivity index (χ3n) is 3.96. The van der Waals surface area contributed by atoms with E-state index >= 15 is 0 Å². The Kier molecular flexibility index (Phi) is 4.12. The maximum Gasteiger partial charge on any atom is 0.270 e. The van der Waals surface area contributed by atoms with Crippen molar-refractivity contribution < 1.29 is 4.42 Å². The summed E-state index contributed by atoms with van der Waals surface area (Å²) in [5.41, 5.74) is 15.5. The van der Waals surface area contributed by atoms with Crippen molar-refractivity contribution in [2.24, 2.45) is 5.73 Å². The van der Waals surface area contributed by atoms with E-state index in [0.29, 0.717) is 23.8 Å². The molecule has 4 N–H and O–H groups in total. The molecule has 7 nitrogen and oxygen atoms in total. The summed E-state index contributed by atoms with van der Waals surface area (Å²) in [5.74, 6) is 0.845. The van der Waals surface area contributed by atoms with Crippen molar-refractivity contribution in [1.29, 1.82) is 0 Å². The summed E-state index contributed by atoms with van der Waals surface area (Å²) in [4.78, 5) is 8.83. The van der Waals surface area contributed by atoms with Crippen LogP contribution in [-0.4, -0.2) is 20.2 Å². The fourth-order valence-electron chi connectivity index (χ4n) is 2.65. The Morgan fingerprint density at radius 1 is 0.885 bits per heavy atom. The number of anilines is 1. The van der Waals surface area contributed by atoms with Crippen LogP contribution in [0, 0.1) is 0 Å². The van der Waals surface area contributed by atoms with Crippen LogP contribution in [0.4, 0.5) is 5.82 Å². The van der Waals surface area contributed by atoms with Gasteiger partial charge < -0.3 is 15.9 Å². The number of hydrogen-bond donors (Lipinski definition) is 2. The highest BCUT2D eigenvalue weighted by Gasteiger charge is 2.17. The van der Waals surface area contributed by atoms with Crippen LogP contribution in [0.15, 0.2) is 65.2 Å². The number of nitrogens with two attached hydrogens (primary N) is 2. The molecule has 7 heteroatoms. The topological polar surface area (TPSA) is 117 Å². The Morgan fingerprint density at radius 3 is 2.42 bits per heavy atom. The molecule has 0 bridgehead atoms. The molecule has 128 valence electrons. The lowest BCUT2D eigenvalue weighted by molar-refractivity contribution is 0.582. The fourth-order valence-corrected chi connectivity index (χ4v) is 2.65. The van der Waals surface area contributed by atoms with Crippen molar-refractivity contribution in [2.75, 3.05) is 5.73 Å². The molecule has 2 aromatic heterocycles. The lowest BCUT2D eigenvalue weighted by atomic mass is 10.0. The molecule has 0 aliphatic heterocycles. The number of hydrogen-bond acceptors (Lipinski definition) is 7. The molecule has 4 aromatic rings. The monoisotopic (exact) mass is 344 g/mol. The first-order valence-corrected chi connectivity index (χ1v) is 8.06. The highest BCUT2D eigenvalue weighted by Crippen LogP contribution is 2.28. The summed E-state index contributed by atoms with van der Waals surface area (Å²) < 4.78 is 5.75. The molecule has 2 aromatic carbocycles. The summed E-state index contributed by atoms with van der Waals surface area (Å²) in [5, 5.41) is 8.16. The molecule has 0 saturated carbocycles. The van der Waals surface area contributed by atoms with Crippen molar-refractivity contribution in [3.05, 3.63) is 66.4 Å². The third kappa shape index (κ3) is 2.91. The average molecular weight is 344 g/mol. The fraction of sp³-hybridized carbons (Fsp3) is 0.0526. The first-order valence-electron chi connectivity index (χ1n) is 8.06. The van der Waals surface area contributed by atoms with E-state index in [-0.39, 0.29) is 11.7 Å². The van der Waals surface area contributed by atoms with Crippen LogP contribution in [-0.2, 0) is 6.54 Å². The smallest absolute Gasteiger partial charge is 0.270 e. The summed E-state index contributed by atoms with van der Waals surface area (Å²) in [6.45, 7) is 0.399. The molecule has 26 heavy (non-hydrogen) atoms. The Morgan fingerprint density at radius 2 is 1.62 bits per heavy atom. The van der Waals surface area contributed by atoms with Gasteiger partial charge in [-0.1, -0.05) is 42.5 Å². The molecule has 0 unspecified atom stereocenters. The van der Waals surface area contributed by atoms with Gasteiger partial charge in [0.2, 0.25) is 5.89 Å². The number of benzene rings is 2. The molecular formula is C19H16N6O. The minimum absolute atomic E-state index is 0.223. The van der Waals surface area contributed by atoms with Gasteiger partial charge in [0.25, 0.3) is 5.89 Å². The van der Waals surface area contributed by atoms with E-state index in [1.54, 1.807) is 6.20 Å². The second kappa shape index (κ2) is 6.73. The second-order valence-electron chi connectivity index (χ2n) is 5.63. The van der Waals surface area contributed by atoms with Gasteiger partial charge >= 0.3 is 0 Å². The van der Waals surface area contributed by atoms with E-state index in [4.69, 9.17) is 15.9 Å². The van der Waals surface area contributed by atoms with Gasteiger partial charge in [0, 0.05) is 17.7 Å². The zero-order valence-corrected chi connectivity index (χ0v) is 13.8. The van der Waals surface area contributed by atoms with Crippen molar-refractivity contribution in [2.45, 2.75) is 6.54 Å². The van der Waals surface area contributed by atoms with E-state index in [9.17, 15) is 0 Å². The molecule has 0 spiro atoms. The minimum atomic E-state index is 0.223. The van der Waals surface area contributed by atoms with Gasteiger partial charge in [-0.3, -0.25) is 0 Å². The number of nitrogens with zero attached hydrogens (tertiary/aromatic N) is 4. The first kappa shape index (κ1) is 15.9. The molecule has 0 amide bonds. The van der Waals surface area contributed by atoms with Gasteiger partial charge in [-0.25, -0.2) is 9.97 Å². The van der Waals surface area contributed by atoms with Crippen LogP contribution in [0.3, 0.4) is 0 Å². The zero-order chi connectivity index (χ0) is 17.9. The molecule has 0 aliphatic carbocycles. The largest absolute Gasteiger partial charge is 0.414 e. The Balaban J connectivity index is 1.77. The quantitative estimate of drug-likeness (QED) is 0.584. The minimum Gasteiger partial charge on any atom is -0.414 e. The van der Waals surface area contributed by atoms with Crippen molar-refractivity contribution >= 4 is 5.82 Å². The predicted octanol–water partition coefficient (Wildman–Crippen LogP) is 2.90. The van der Waals surface area contributed by atoms with Crippen LogP contribution in [0.25, 0.3) is 34.3 Å². The highest BCUT2D eigenvalue weighted by molar-refractivity contribution is 5.70. The predicted molar refractivity (Wildman–Crippen MR) is 98.5 cm³/mol. The maximum absolute atomic E-state index is 5.99. The van der Waals surface area contributed by atoms with Gasteiger partial charge in [-0.15, -0.1) is 10.2 Å². The molecule has 0 saturated heterocycles. The van der Waals surface area contributed by atoms with Gasteiger partial charge in [-0.2, -0.15) is 0 Å². The van der Waals surface area contributed by atoms with Gasteiger partial charge in [-0.05, 0) is 17.7 Å². The first-order chi connectivity index (χ1) is 12.8. The highest BCUT2D eigenvalue weighted by atomic mass is 16.4.